The van der Waals surface area contributed by atoms with Gasteiger partial charge in [0.1, 0.15) is 24.4 Å². The molecule has 7 N–H and O–H groups in total. The Balaban J connectivity index is 1.85. The standard InChI is InChI=1S/C28H38O13/c1-36-16-7-13(8-17(37-2)22(16)31)20-15(11-40-28-26(35)25(34)23(32)19(10-30)41-28)14(9-29)5-12-6-18(38-3)24(33)27(39-4)21(12)20/h6-8,14-15,19-20,23,25-26,28-35H,5,9-11H2,1-4H3/t14-,15+,19-,20+,23-,25-,26+,28+/m0/s1. The molecule has 13 heteroatoms. The van der Waals surface area contributed by atoms with Crippen LogP contribution in [0.1, 0.15) is 22.6 Å². The summed E-state index contributed by atoms with van der Waals surface area (Å²) in [6.45, 7) is -1.02. The molecule has 2 aliphatic rings. The van der Waals surface area contributed by atoms with E-state index in [-0.39, 0.29) is 47.7 Å². The van der Waals surface area contributed by atoms with Gasteiger partial charge in [0, 0.05) is 18.1 Å². The molecule has 0 amide bonds. The topological polar surface area (TPSA) is 197 Å². The highest BCUT2D eigenvalue weighted by Crippen LogP contribution is 2.54. The Bertz CT molecular complexity index is 1180. The fourth-order valence-electron chi connectivity index (χ4n) is 5.83. The summed E-state index contributed by atoms with van der Waals surface area (Å²) in [4.78, 5) is 0. The smallest absolute Gasteiger partial charge is 0.201 e. The van der Waals surface area contributed by atoms with Crippen molar-refractivity contribution in [2.24, 2.45) is 11.8 Å². The van der Waals surface area contributed by atoms with Crippen LogP contribution in [-0.2, 0) is 15.9 Å². The van der Waals surface area contributed by atoms with Crippen LogP contribution in [-0.4, -0.2) is 115 Å². The van der Waals surface area contributed by atoms with Crippen LogP contribution in [0.3, 0.4) is 0 Å². The highest BCUT2D eigenvalue weighted by Gasteiger charge is 2.46. The molecule has 0 bridgehead atoms. The molecule has 0 unspecified atom stereocenters. The molecule has 13 nitrogen and oxygen atoms in total. The monoisotopic (exact) mass is 582 g/mol. The van der Waals surface area contributed by atoms with Gasteiger partial charge in [0.25, 0.3) is 0 Å². The molecule has 228 valence electrons. The first-order valence-electron chi connectivity index (χ1n) is 13.1. The van der Waals surface area contributed by atoms with Crippen molar-refractivity contribution in [3.63, 3.8) is 0 Å². The number of hydrogen-bond donors (Lipinski definition) is 7. The van der Waals surface area contributed by atoms with Crippen molar-refractivity contribution in [3.8, 4) is 34.5 Å². The van der Waals surface area contributed by atoms with E-state index in [2.05, 4.69) is 0 Å². The van der Waals surface area contributed by atoms with Crippen molar-refractivity contribution in [2.45, 2.75) is 43.0 Å². The minimum atomic E-state index is -1.63. The van der Waals surface area contributed by atoms with E-state index in [1.807, 2.05) is 0 Å². The number of phenolic OH excluding ortho intramolecular Hbond substituents is 2. The summed E-state index contributed by atoms with van der Waals surface area (Å²) in [5, 5.41) is 72.6. The zero-order chi connectivity index (χ0) is 30.0. The number of methoxy groups -OCH3 is 4. The summed E-state index contributed by atoms with van der Waals surface area (Å²) in [7, 11) is 5.60. The first-order chi connectivity index (χ1) is 19.6. The maximum Gasteiger partial charge on any atom is 0.201 e. The highest BCUT2D eigenvalue weighted by molar-refractivity contribution is 5.64. The lowest BCUT2D eigenvalue weighted by Crippen LogP contribution is -2.59. The number of ether oxygens (including phenoxy) is 6. The molecule has 1 aliphatic carbocycles. The third-order valence-corrected chi connectivity index (χ3v) is 7.99. The summed E-state index contributed by atoms with van der Waals surface area (Å²) in [6.07, 6.45) is -7.02. The minimum Gasteiger partial charge on any atom is -0.502 e. The molecule has 4 rings (SSSR count). The van der Waals surface area contributed by atoms with Gasteiger partial charge in [0.15, 0.2) is 29.3 Å². The Morgan fingerprint density at radius 3 is 1.93 bits per heavy atom. The molecule has 1 saturated heterocycles. The van der Waals surface area contributed by atoms with Crippen LogP contribution in [0.4, 0.5) is 0 Å². The van der Waals surface area contributed by atoms with E-state index in [9.17, 15) is 35.7 Å². The van der Waals surface area contributed by atoms with Gasteiger partial charge in [-0.05, 0) is 47.6 Å². The molecule has 1 heterocycles. The molecule has 8 atom stereocenters. The van der Waals surface area contributed by atoms with E-state index in [1.165, 1.54) is 28.4 Å². The third-order valence-electron chi connectivity index (χ3n) is 7.99. The number of rotatable bonds is 10. The Labute approximate surface area is 237 Å². The van der Waals surface area contributed by atoms with Crippen LogP contribution >= 0.6 is 0 Å². The number of aliphatic hydroxyl groups excluding tert-OH is 5. The Hall–Kier alpha value is -3.04. The number of benzene rings is 2. The Morgan fingerprint density at radius 2 is 1.39 bits per heavy atom. The maximum absolute atomic E-state index is 11.0. The molecule has 0 saturated carbocycles. The van der Waals surface area contributed by atoms with E-state index >= 15 is 0 Å². The fourth-order valence-corrected chi connectivity index (χ4v) is 5.83. The first-order valence-corrected chi connectivity index (χ1v) is 13.1. The van der Waals surface area contributed by atoms with Gasteiger partial charge in [-0.2, -0.15) is 0 Å². The van der Waals surface area contributed by atoms with Gasteiger partial charge in [0.2, 0.25) is 11.5 Å². The molecular formula is C28H38O13. The van der Waals surface area contributed by atoms with Gasteiger partial charge < -0.3 is 64.2 Å². The fraction of sp³-hybridized carbons (Fsp3) is 0.571. The average molecular weight is 583 g/mol. The van der Waals surface area contributed by atoms with Gasteiger partial charge in [-0.1, -0.05) is 0 Å². The van der Waals surface area contributed by atoms with E-state index in [0.29, 0.717) is 17.5 Å². The quantitative estimate of drug-likeness (QED) is 0.196. The Kier molecular flexibility index (Phi) is 9.70. The molecule has 1 aliphatic heterocycles. The van der Waals surface area contributed by atoms with E-state index in [0.717, 1.165) is 5.56 Å². The van der Waals surface area contributed by atoms with Crippen molar-refractivity contribution >= 4 is 0 Å². The molecule has 2 aromatic rings. The van der Waals surface area contributed by atoms with Crippen molar-refractivity contribution in [1.29, 1.82) is 0 Å². The number of phenols is 2. The summed E-state index contributed by atoms with van der Waals surface area (Å²) in [5.74, 6) is -1.51. The van der Waals surface area contributed by atoms with Crippen molar-refractivity contribution in [2.75, 3.05) is 48.3 Å². The van der Waals surface area contributed by atoms with E-state index < -0.39 is 55.1 Å². The largest absolute Gasteiger partial charge is 0.502 e. The molecular weight excluding hydrogens is 544 g/mol. The van der Waals surface area contributed by atoms with Gasteiger partial charge in [-0.15, -0.1) is 0 Å². The van der Waals surface area contributed by atoms with E-state index in [4.69, 9.17) is 28.4 Å². The molecule has 0 aromatic heterocycles. The minimum absolute atomic E-state index is 0.123. The number of hydrogen-bond acceptors (Lipinski definition) is 13. The predicted molar refractivity (Wildman–Crippen MR) is 142 cm³/mol. The normalized spacial score (nSPS) is 29.5. The zero-order valence-electron chi connectivity index (χ0n) is 23.3. The van der Waals surface area contributed by atoms with Crippen LogP contribution in [0.15, 0.2) is 18.2 Å². The van der Waals surface area contributed by atoms with Gasteiger partial charge in [0.05, 0.1) is 41.7 Å². The predicted octanol–water partition coefficient (Wildman–Crippen LogP) is -0.139. The lowest BCUT2D eigenvalue weighted by molar-refractivity contribution is -0.304. The summed E-state index contributed by atoms with van der Waals surface area (Å²) in [6, 6.07) is 4.88. The lowest BCUT2D eigenvalue weighted by Gasteiger charge is -2.43. The zero-order valence-corrected chi connectivity index (χ0v) is 23.3. The molecule has 0 spiro atoms. The maximum atomic E-state index is 11.0. The van der Waals surface area contributed by atoms with Crippen molar-refractivity contribution < 1.29 is 64.2 Å². The lowest BCUT2D eigenvalue weighted by atomic mass is 9.66. The van der Waals surface area contributed by atoms with Gasteiger partial charge >= 0.3 is 0 Å². The van der Waals surface area contributed by atoms with Crippen molar-refractivity contribution in [3.05, 3.63) is 34.9 Å². The van der Waals surface area contributed by atoms with Crippen molar-refractivity contribution in [1.82, 2.24) is 0 Å². The summed E-state index contributed by atoms with van der Waals surface area (Å²) >= 11 is 0. The molecule has 1 fully saturated rings. The highest BCUT2D eigenvalue weighted by atomic mass is 16.7. The average Bonchev–Trinajstić information content (AvgIpc) is 2.98. The second kappa shape index (κ2) is 12.9. The van der Waals surface area contributed by atoms with Crippen LogP contribution < -0.4 is 18.9 Å². The van der Waals surface area contributed by atoms with Crippen LogP contribution in [0.5, 0.6) is 34.5 Å². The number of aromatic hydroxyl groups is 2. The molecule has 0 radical (unpaired) electrons. The van der Waals surface area contributed by atoms with Crippen LogP contribution in [0.2, 0.25) is 0 Å². The second-order valence-corrected chi connectivity index (χ2v) is 10.1. The van der Waals surface area contributed by atoms with E-state index in [1.54, 1.807) is 18.2 Å². The summed E-state index contributed by atoms with van der Waals surface area (Å²) < 4.78 is 33.3. The Morgan fingerprint density at radius 1 is 0.780 bits per heavy atom. The molecule has 2 aromatic carbocycles. The number of fused-ring (bicyclic) bond motifs is 1. The third kappa shape index (κ3) is 5.58. The van der Waals surface area contributed by atoms with Gasteiger partial charge in [-0.25, -0.2) is 0 Å². The SMILES string of the molecule is COc1cc([C@H]2c3c(cc(OC)c(O)c3OC)C[C@@H](CO)[C@H]2CO[C@@H]2O[C@@H](CO)[C@H](O)[C@H](O)[C@H]2O)cc(OC)c1O. The number of aliphatic hydroxyl groups is 5. The van der Waals surface area contributed by atoms with Crippen LogP contribution in [0.25, 0.3) is 0 Å². The first kappa shape index (κ1) is 30.9. The second-order valence-electron chi connectivity index (χ2n) is 10.1. The summed E-state index contributed by atoms with van der Waals surface area (Å²) in [5.41, 5.74) is 1.88. The molecule has 41 heavy (non-hydrogen) atoms. The van der Waals surface area contributed by atoms with Crippen LogP contribution in [0, 0.1) is 11.8 Å². The van der Waals surface area contributed by atoms with Gasteiger partial charge in [-0.3, -0.25) is 0 Å².